The molecule has 0 bridgehead atoms. The first-order chi connectivity index (χ1) is 14.4. The molecule has 0 radical (unpaired) electrons. The lowest BCUT2D eigenvalue weighted by Crippen LogP contribution is -2.68. The Balaban J connectivity index is 1.48. The van der Waals surface area contributed by atoms with Crippen molar-refractivity contribution in [1.29, 1.82) is 0 Å². The summed E-state index contributed by atoms with van der Waals surface area (Å²) in [5.74, 6) is 0.308. The van der Waals surface area contributed by atoms with Crippen LogP contribution in [0.2, 0.25) is 0 Å². The van der Waals surface area contributed by atoms with Gasteiger partial charge in [0.05, 0.1) is 19.4 Å². The number of nitrogens with two attached hydrogens (primary N) is 1. The van der Waals surface area contributed by atoms with E-state index in [1.54, 1.807) is 7.11 Å². The predicted molar refractivity (Wildman–Crippen MR) is 116 cm³/mol. The van der Waals surface area contributed by atoms with Gasteiger partial charge in [-0.15, -0.1) is 0 Å². The molecule has 5 nitrogen and oxygen atoms in total. The van der Waals surface area contributed by atoms with Crippen molar-refractivity contribution in [2.24, 2.45) is 5.73 Å². The van der Waals surface area contributed by atoms with Crippen molar-refractivity contribution in [2.45, 2.75) is 55.6 Å². The fourth-order valence-corrected chi connectivity index (χ4v) is 5.96. The molecule has 30 heavy (non-hydrogen) atoms. The van der Waals surface area contributed by atoms with Gasteiger partial charge in [-0.3, -0.25) is 4.90 Å². The molecular weight excluding hydrogens is 376 g/mol. The maximum Gasteiger partial charge on any atom is 0.172 e. The van der Waals surface area contributed by atoms with Gasteiger partial charge in [0.15, 0.2) is 5.79 Å². The van der Waals surface area contributed by atoms with Crippen LogP contribution in [0.3, 0.4) is 0 Å². The van der Waals surface area contributed by atoms with Crippen molar-refractivity contribution in [1.82, 2.24) is 4.90 Å². The molecule has 2 N–H and O–H groups in total. The third-order valence-corrected chi connectivity index (χ3v) is 7.84. The second-order valence-electron chi connectivity index (χ2n) is 9.28. The lowest BCUT2D eigenvalue weighted by molar-refractivity contribution is -0.220. The Kier molecular flexibility index (Phi) is 4.71. The molecule has 5 heteroatoms. The van der Waals surface area contributed by atoms with E-state index in [4.69, 9.17) is 19.9 Å². The van der Waals surface area contributed by atoms with Crippen molar-refractivity contribution in [3.05, 3.63) is 65.2 Å². The van der Waals surface area contributed by atoms with Gasteiger partial charge in [0.2, 0.25) is 0 Å². The Labute approximate surface area is 179 Å². The summed E-state index contributed by atoms with van der Waals surface area (Å²) < 4.78 is 18.6. The molecule has 1 spiro atoms. The average Bonchev–Trinajstić information content (AvgIpc) is 3.29. The van der Waals surface area contributed by atoms with E-state index in [9.17, 15) is 0 Å². The number of rotatable bonds is 3. The Bertz CT molecular complexity index is 935. The van der Waals surface area contributed by atoms with Crippen LogP contribution in [0, 0.1) is 6.92 Å². The molecule has 2 heterocycles. The first kappa shape index (κ1) is 20.0. The molecule has 3 fully saturated rings. The SMILES string of the molecule is COc1cc([C@]23CCN(C)[C@@]2(N)CC2(CC3)OC[C@@H](c3ccccc3)O2)ccc1C. The van der Waals surface area contributed by atoms with E-state index in [0.29, 0.717) is 13.0 Å². The van der Waals surface area contributed by atoms with Crippen LogP contribution < -0.4 is 10.5 Å². The number of hydrogen-bond acceptors (Lipinski definition) is 5. The summed E-state index contributed by atoms with van der Waals surface area (Å²) in [7, 11) is 3.87. The topological polar surface area (TPSA) is 57.0 Å². The minimum absolute atomic E-state index is 0.0338. The summed E-state index contributed by atoms with van der Waals surface area (Å²) >= 11 is 0. The molecule has 5 rings (SSSR count). The largest absolute Gasteiger partial charge is 0.496 e. The number of benzene rings is 2. The van der Waals surface area contributed by atoms with Crippen molar-refractivity contribution in [3.8, 4) is 5.75 Å². The van der Waals surface area contributed by atoms with Crippen LogP contribution in [0.1, 0.15) is 48.5 Å². The second kappa shape index (κ2) is 7.06. The van der Waals surface area contributed by atoms with Crippen LogP contribution in [0.15, 0.2) is 48.5 Å². The van der Waals surface area contributed by atoms with Gasteiger partial charge < -0.3 is 19.9 Å². The minimum Gasteiger partial charge on any atom is -0.496 e. The van der Waals surface area contributed by atoms with Crippen LogP contribution in [-0.4, -0.2) is 43.7 Å². The second-order valence-corrected chi connectivity index (χ2v) is 9.28. The van der Waals surface area contributed by atoms with Crippen molar-refractivity contribution < 1.29 is 14.2 Å². The van der Waals surface area contributed by atoms with Crippen molar-refractivity contribution >= 4 is 0 Å². The fraction of sp³-hybridized carbons (Fsp3) is 0.520. The molecule has 1 saturated carbocycles. The van der Waals surface area contributed by atoms with Gasteiger partial charge in [-0.2, -0.15) is 0 Å². The molecule has 0 amide bonds. The smallest absolute Gasteiger partial charge is 0.172 e. The van der Waals surface area contributed by atoms with E-state index in [2.05, 4.69) is 61.3 Å². The summed E-state index contributed by atoms with van der Waals surface area (Å²) in [5, 5.41) is 0. The highest BCUT2D eigenvalue weighted by molar-refractivity contribution is 5.43. The third-order valence-electron chi connectivity index (χ3n) is 7.84. The maximum absolute atomic E-state index is 7.27. The normalized spacial score (nSPS) is 36.2. The highest BCUT2D eigenvalue weighted by Crippen LogP contribution is 2.58. The van der Waals surface area contributed by atoms with Crippen molar-refractivity contribution in [2.75, 3.05) is 27.3 Å². The van der Waals surface area contributed by atoms with E-state index in [0.717, 1.165) is 37.1 Å². The first-order valence-corrected chi connectivity index (χ1v) is 10.9. The minimum atomic E-state index is -0.619. The zero-order chi connectivity index (χ0) is 21.0. The van der Waals surface area contributed by atoms with Gasteiger partial charge >= 0.3 is 0 Å². The molecule has 160 valence electrons. The summed E-state index contributed by atoms with van der Waals surface area (Å²) in [6.07, 6.45) is 3.44. The quantitative estimate of drug-likeness (QED) is 0.835. The van der Waals surface area contributed by atoms with Crippen LogP contribution >= 0.6 is 0 Å². The lowest BCUT2D eigenvalue weighted by Gasteiger charge is -2.54. The molecule has 4 atom stereocenters. The molecule has 0 aromatic heterocycles. The number of likely N-dealkylation sites (N-methyl/N-ethyl adjacent to an activating group) is 1. The van der Waals surface area contributed by atoms with E-state index in [1.165, 1.54) is 11.1 Å². The average molecular weight is 409 g/mol. The van der Waals surface area contributed by atoms with E-state index >= 15 is 0 Å². The van der Waals surface area contributed by atoms with Crippen LogP contribution in [-0.2, 0) is 14.9 Å². The Hall–Kier alpha value is -1.92. The van der Waals surface area contributed by atoms with Crippen LogP contribution in [0.4, 0.5) is 0 Å². The summed E-state index contributed by atoms with van der Waals surface area (Å²) in [6.45, 7) is 3.62. The first-order valence-electron chi connectivity index (χ1n) is 10.9. The number of methoxy groups -OCH3 is 1. The van der Waals surface area contributed by atoms with Gasteiger partial charge in [0.25, 0.3) is 0 Å². The zero-order valence-corrected chi connectivity index (χ0v) is 18.2. The lowest BCUT2D eigenvalue weighted by atomic mass is 9.61. The molecule has 1 unspecified atom stereocenters. The maximum atomic E-state index is 7.27. The number of ether oxygens (including phenoxy) is 3. The van der Waals surface area contributed by atoms with Gasteiger partial charge in [-0.1, -0.05) is 42.5 Å². The Morgan fingerprint density at radius 3 is 2.67 bits per heavy atom. The van der Waals surface area contributed by atoms with Gasteiger partial charge in [-0.05, 0) is 49.6 Å². The summed E-state index contributed by atoms with van der Waals surface area (Å²) in [4.78, 5) is 2.31. The number of nitrogens with zero attached hydrogens (tertiary/aromatic N) is 1. The highest BCUT2D eigenvalue weighted by Gasteiger charge is 2.64. The molecule has 2 aliphatic heterocycles. The van der Waals surface area contributed by atoms with E-state index < -0.39 is 11.4 Å². The predicted octanol–water partition coefficient (Wildman–Crippen LogP) is 3.90. The van der Waals surface area contributed by atoms with Crippen LogP contribution in [0.5, 0.6) is 5.75 Å². The van der Waals surface area contributed by atoms with Crippen molar-refractivity contribution in [3.63, 3.8) is 0 Å². The standard InChI is InChI=1S/C25H32N2O3/c1-18-9-10-20(15-21(18)28-3)23-11-12-24(17-25(23,26)27(2)14-13-23)29-16-22(30-24)19-7-5-4-6-8-19/h4-10,15,22H,11-14,16-17,26H2,1-3H3/t22-,23-,24?,25-/m0/s1. The number of aryl methyl sites for hydroxylation is 1. The van der Waals surface area contributed by atoms with Gasteiger partial charge in [-0.25, -0.2) is 0 Å². The van der Waals surface area contributed by atoms with E-state index in [-0.39, 0.29) is 11.5 Å². The summed E-state index contributed by atoms with van der Waals surface area (Å²) in [5.41, 5.74) is 10.2. The molecule has 2 saturated heterocycles. The van der Waals surface area contributed by atoms with E-state index in [1.807, 2.05) is 6.07 Å². The number of fused-ring (bicyclic) bond motifs is 1. The fourth-order valence-electron chi connectivity index (χ4n) is 5.96. The molecule has 1 aliphatic carbocycles. The highest BCUT2D eigenvalue weighted by atomic mass is 16.7. The van der Waals surface area contributed by atoms with Gasteiger partial charge in [0, 0.05) is 24.8 Å². The Morgan fingerprint density at radius 1 is 1.10 bits per heavy atom. The third kappa shape index (κ3) is 2.83. The Morgan fingerprint density at radius 2 is 1.90 bits per heavy atom. The zero-order valence-electron chi connectivity index (χ0n) is 18.2. The van der Waals surface area contributed by atoms with Gasteiger partial charge in [0.1, 0.15) is 11.9 Å². The molecule has 2 aromatic carbocycles. The molecule has 2 aromatic rings. The summed E-state index contributed by atoms with van der Waals surface area (Å²) in [6, 6.07) is 16.9. The monoisotopic (exact) mass is 408 g/mol. The molecule has 3 aliphatic rings. The van der Waals surface area contributed by atoms with Crippen LogP contribution in [0.25, 0.3) is 0 Å². The molecular formula is C25H32N2O3. The number of likely N-dealkylation sites (tertiary alicyclic amines) is 1. The number of hydrogen-bond donors (Lipinski definition) is 1.